The first-order valence-electron chi connectivity index (χ1n) is 11.7. The maximum absolute atomic E-state index is 15.0. The highest BCUT2D eigenvalue weighted by molar-refractivity contribution is 5.89. The molecule has 0 heterocycles. The number of ether oxygens (including phenoxy) is 3. The monoisotopic (exact) mass is 484 g/mol. The van der Waals surface area contributed by atoms with Gasteiger partial charge in [-0.05, 0) is 80.0 Å². The van der Waals surface area contributed by atoms with Crippen LogP contribution in [-0.2, 0) is 4.74 Å². The number of esters is 1. The molecular formula is C28H27F3O4. The van der Waals surface area contributed by atoms with E-state index in [1.54, 1.807) is 50.4 Å². The number of halogens is 3. The third kappa shape index (κ3) is 5.45. The van der Waals surface area contributed by atoms with Gasteiger partial charge in [0, 0.05) is 5.56 Å². The molecule has 4 rings (SSSR count). The highest BCUT2D eigenvalue weighted by Crippen LogP contribution is 2.38. The molecule has 1 aliphatic rings. The highest BCUT2D eigenvalue weighted by Gasteiger charge is 2.28. The Balaban J connectivity index is 1.39. The van der Waals surface area contributed by atoms with Gasteiger partial charge in [0.25, 0.3) is 0 Å². The second-order valence-corrected chi connectivity index (χ2v) is 8.52. The van der Waals surface area contributed by atoms with Crippen LogP contribution in [-0.4, -0.2) is 25.8 Å². The van der Waals surface area contributed by atoms with E-state index in [-0.39, 0.29) is 28.9 Å². The maximum atomic E-state index is 15.0. The molecule has 3 aromatic rings. The predicted octanol–water partition coefficient (Wildman–Crippen LogP) is 7.06. The number of carbonyl (C=O) groups is 1. The molecule has 0 bridgehead atoms. The van der Waals surface area contributed by atoms with Crippen LogP contribution in [0.2, 0.25) is 0 Å². The van der Waals surface area contributed by atoms with Crippen molar-refractivity contribution < 1.29 is 32.2 Å². The summed E-state index contributed by atoms with van der Waals surface area (Å²) < 4.78 is 59.8. The molecule has 1 saturated carbocycles. The lowest BCUT2D eigenvalue weighted by Gasteiger charge is -2.29. The van der Waals surface area contributed by atoms with Crippen molar-refractivity contribution >= 4 is 5.97 Å². The Morgan fingerprint density at radius 1 is 0.914 bits per heavy atom. The Labute approximate surface area is 202 Å². The summed E-state index contributed by atoms with van der Waals surface area (Å²) >= 11 is 0. The molecule has 0 saturated heterocycles. The van der Waals surface area contributed by atoms with Gasteiger partial charge in [-0.25, -0.2) is 18.0 Å². The van der Waals surface area contributed by atoms with E-state index in [0.717, 1.165) is 6.07 Å². The number of hydrogen-bond donors (Lipinski definition) is 0. The smallest absolute Gasteiger partial charge is 0.338 e. The molecule has 0 aromatic heterocycles. The van der Waals surface area contributed by atoms with E-state index in [2.05, 4.69) is 0 Å². The molecule has 0 N–H and O–H groups in total. The summed E-state index contributed by atoms with van der Waals surface area (Å²) in [5.41, 5.74) is 1.20. The standard InChI is InChI=1S/C28H27F3O4/c1-3-34-25-15-8-19(16-24(25)29)28(32)35-21-11-6-18(7-12-21)23-14-13-22(26(30)27(23)31)17-4-9-20(33-2)10-5-17/h4-5,8-10,13-16,18,21H,3,6-7,11-12H2,1-2H3. The zero-order valence-corrected chi connectivity index (χ0v) is 19.7. The zero-order valence-electron chi connectivity index (χ0n) is 19.7. The summed E-state index contributed by atoms with van der Waals surface area (Å²) in [5.74, 6) is -2.42. The number of carbonyl (C=O) groups excluding carboxylic acids is 1. The average molecular weight is 485 g/mol. The Kier molecular flexibility index (Phi) is 7.63. The normalized spacial score (nSPS) is 17.6. The van der Waals surface area contributed by atoms with Crippen LogP contribution in [0.4, 0.5) is 13.2 Å². The molecule has 1 fully saturated rings. The summed E-state index contributed by atoms with van der Waals surface area (Å²) in [6.45, 7) is 2.06. The van der Waals surface area contributed by atoms with Gasteiger partial charge in [-0.15, -0.1) is 0 Å². The molecule has 184 valence electrons. The number of methoxy groups -OCH3 is 1. The van der Waals surface area contributed by atoms with Crippen LogP contribution in [0.25, 0.3) is 11.1 Å². The van der Waals surface area contributed by atoms with E-state index >= 15 is 4.39 Å². The highest BCUT2D eigenvalue weighted by atomic mass is 19.2. The van der Waals surface area contributed by atoms with Crippen LogP contribution in [0.5, 0.6) is 11.5 Å². The predicted molar refractivity (Wildman–Crippen MR) is 126 cm³/mol. The maximum Gasteiger partial charge on any atom is 0.338 e. The van der Waals surface area contributed by atoms with E-state index in [1.807, 2.05) is 0 Å². The minimum Gasteiger partial charge on any atom is -0.497 e. The van der Waals surface area contributed by atoms with Crippen molar-refractivity contribution in [2.24, 2.45) is 0 Å². The third-order valence-corrected chi connectivity index (χ3v) is 6.37. The van der Waals surface area contributed by atoms with Gasteiger partial charge in [-0.2, -0.15) is 0 Å². The quantitative estimate of drug-likeness (QED) is 0.337. The first kappa shape index (κ1) is 24.6. The van der Waals surface area contributed by atoms with Gasteiger partial charge in [0.05, 0.1) is 19.3 Å². The lowest BCUT2D eigenvalue weighted by Crippen LogP contribution is -2.24. The lowest BCUT2D eigenvalue weighted by molar-refractivity contribution is 0.0193. The topological polar surface area (TPSA) is 44.8 Å². The van der Waals surface area contributed by atoms with E-state index in [9.17, 15) is 13.6 Å². The molecule has 7 heteroatoms. The molecule has 0 unspecified atom stereocenters. The fourth-order valence-corrected chi connectivity index (χ4v) is 4.48. The largest absolute Gasteiger partial charge is 0.497 e. The van der Waals surface area contributed by atoms with E-state index < -0.39 is 23.4 Å². The molecule has 0 amide bonds. The van der Waals surface area contributed by atoms with Crippen LogP contribution in [0.1, 0.15) is 54.4 Å². The van der Waals surface area contributed by atoms with Gasteiger partial charge in [0.15, 0.2) is 23.2 Å². The van der Waals surface area contributed by atoms with Gasteiger partial charge in [0.1, 0.15) is 11.9 Å². The van der Waals surface area contributed by atoms with Gasteiger partial charge in [-0.1, -0.05) is 24.3 Å². The lowest BCUT2D eigenvalue weighted by atomic mass is 9.82. The molecule has 35 heavy (non-hydrogen) atoms. The summed E-state index contributed by atoms with van der Waals surface area (Å²) in [5, 5.41) is 0. The molecule has 4 nitrogen and oxygen atoms in total. The van der Waals surface area contributed by atoms with Crippen LogP contribution in [0.3, 0.4) is 0 Å². The van der Waals surface area contributed by atoms with Crippen LogP contribution >= 0.6 is 0 Å². The van der Waals surface area contributed by atoms with Crippen molar-refractivity contribution in [1.29, 1.82) is 0 Å². The second-order valence-electron chi connectivity index (χ2n) is 8.52. The molecule has 0 atom stereocenters. The fourth-order valence-electron chi connectivity index (χ4n) is 4.48. The molecule has 1 aliphatic carbocycles. The molecule has 0 radical (unpaired) electrons. The van der Waals surface area contributed by atoms with E-state index in [0.29, 0.717) is 49.2 Å². The van der Waals surface area contributed by atoms with Crippen molar-refractivity contribution in [2.75, 3.05) is 13.7 Å². The summed E-state index contributed by atoms with van der Waals surface area (Å²) in [4.78, 5) is 12.4. The minimum absolute atomic E-state index is 0.0804. The van der Waals surface area contributed by atoms with Crippen LogP contribution in [0, 0.1) is 17.5 Å². The van der Waals surface area contributed by atoms with Gasteiger partial charge < -0.3 is 14.2 Å². The molecule has 0 spiro atoms. The second kappa shape index (κ2) is 10.8. The van der Waals surface area contributed by atoms with Gasteiger partial charge in [-0.3, -0.25) is 0 Å². The van der Waals surface area contributed by atoms with E-state index in [1.165, 1.54) is 12.1 Å². The van der Waals surface area contributed by atoms with Crippen molar-refractivity contribution in [3.8, 4) is 22.6 Å². The van der Waals surface area contributed by atoms with Crippen LogP contribution in [0.15, 0.2) is 54.6 Å². The Morgan fingerprint density at radius 2 is 1.63 bits per heavy atom. The third-order valence-electron chi connectivity index (χ3n) is 6.37. The van der Waals surface area contributed by atoms with Crippen molar-refractivity contribution in [3.63, 3.8) is 0 Å². The van der Waals surface area contributed by atoms with Gasteiger partial charge in [0.2, 0.25) is 0 Å². The summed E-state index contributed by atoms with van der Waals surface area (Å²) in [6.07, 6.45) is 1.76. The molecule has 0 aliphatic heterocycles. The van der Waals surface area contributed by atoms with Crippen molar-refractivity contribution in [1.82, 2.24) is 0 Å². The Bertz CT molecular complexity index is 1190. The van der Waals surface area contributed by atoms with Gasteiger partial charge >= 0.3 is 5.97 Å². The number of hydrogen-bond acceptors (Lipinski definition) is 4. The summed E-state index contributed by atoms with van der Waals surface area (Å²) in [6, 6.07) is 14.0. The number of benzene rings is 3. The molecule has 3 aromatic carbocycles. The van der Waals surface area contributed by atoms with Crippen molar-refractivity contribution in [3.05, 3.63) is 83.2 Å². The van der Waals surface area contributed by atoms with Crippen molar-refractivity contribution in [2.45, 2.75) is 44.6 Å². The number of rotatable bonds is 7. The summed E-state index contributed by atoms with van der Waals surface area (Å²) in [7, 11) is 1.54. The molecular weight excluding hydrogens is 457 g/mol. The first-order chi connectivity index (χ1) is 16.9. The zero-order chi connectivity index (χ0) is 24.9. The van der Waals surface area contributed by atoms with E-state index in [4.69, 9.17) is 14.2 Å². The first-order valence-corrected chi connectivity index (χ1v) is 11.7. The SMILES string of the molecule is CCOc1ccc(C(=O)OC2CCC(c3ccc(-c4ccc(OC)cc4)c(F)c3F)CC2)cc1F. The minimum atomic E-state index is -0.876. The fraction of sp³-hybridized carbons (Fsp3) is 0.321. The average Bonchev–Trinajstić information content (AvgIpc) is 2.87. The van der Waals surface area contributed by atoms with Crippen LogP contribution < -0.4 is 9.47 Å². The Morgan fingerprint density at radius 3 is 2.26 bits per heavy atom. The Hall–Kier alpha value is -3.48.